The second-order valence-corrected chi connectivity index (χ2v) is 4.24. The van der Waals surface area contributed by atoms with Gasteiger partial charge in [0.25, 0.3) is 0 Å². The number of benzene rings is 1. The summed E-state index contributed by atoms with van der Waals surface area (Å²) >= 11 is 0. The minimum absolute atomic E-state index is 0.243. The summed E-state index contributed by atoms with van der Waals surface area (Å²) in [5.41, 5.74) is 0.866. The molecule has 3 nitrogen and oxygen atoms in total. The van der Waals surface area contributed by atoms with E-state index in [-0.39, 0.29) is 11.6 Å². The van der Waals surface area contributed by atoms with Gasteiger partial charge in [0.1, 0.15) is 5.82 Å². The minimum atomic E-state index is -0.366. The maximum absolute atomic E-state index is 13.5. The first kappa shape index (κ1) is 12.5. The van der Waals surface area contributed by atoms with Gasteiger partial charge in [-0.15, -0.1) is 0 Å². The van der Waals surface area contributed by atoms with Gasteiger partial charge in [-0.3, -0.25) is 4.79 Å². The molecule has 2 aromatic rings. The van der Waals surface area contributed by atoms with Gasteiger partial charge in [-0.1, -0.05) is 19.1 Å². The van der Waals surface area contributed by atoms with Gasteiger partial charge in [-0.25, -0.2) is 9.37 Å². The lowest BCUT2D eigenvalue weighted by molar-refractivity contribution is 0.102. The fraction of sp³-hybridized carbons (Fsp3) is 0.286. The van der Waals surface area contributed by atoms with Crippen molar-refractivity contribution < 1.29 is 9.18 Å². The van der Waals surface area contributed by atoms with Crippen molar-refractivity contribution in [2.45, 2.75) is 26.8 Å². The zero-order chi connectivity index (χ0) is 13.1. The first-order valence-electron chi connectivity index (χ1n) is 5.95. The van der Waals surface area contributed by atoms with E-state index in [9.17, 15) is 9.18 Å². The Balaban J connectivity index is 2.35. The van der Waals surface area contributed by atoms with Crippen molar-refractivity contribution in [3.63, 3.8) is 0 Å². The summed E-state index contributed by atoms with van der Waals surface area (Å²) in [6, 6.07) is 4.50. The van der Waals surface area contributed by atoms with Crippen LogP contribution in [0.2, 0.25) is 0 Å². The highest BCUT2D eigenvalue weighted by Gasteiger charge is 2.15. The van der Waals surface area contributed by atoms with Crippen molar-refractivity contribution in [1.29, 1.82) is 0 Å². The Kier molecular flexibility index (Phi) is 3.55. The molecule has 0 aliphatic carbocycles. The third kappa shape index (κ3) is 2.32. The summed E-state index contributed by atoms with van der Waals surface area (Å²) in [6.45, 7) is 4.43. The van der Waals surface area contributed by atoms with Gasteiger partial charge in [0.05, 0.1) is 0 Å². The molecule has 0 unspecified atom stereocenters. The zero-order valence-electron chi connectivity index (χ0n) is 10.5. The number of aromatic nitrogens is 2. The summed E-state index contributed by atoms with van der Waals surface area (Å²) in [5, 5.41) is 0. The Bertz CT molecular complexity index is 575. The van der Waals surface area contributed by atoms with E-state index in [4.69, 9.17) is 0 Å². The van der Waals surface area contributed by atoms with Crippen molar-refractivity contribution in [2.75, 3.05) is 0 Å². The molecule has 0 aliphatic heterocycles. The van der Waals surface area contributed by atoms with Crippen molar-refractivity contribution in [3.05, 3.63) is 53.4 Å². The summed E-state index contributed by atoms with van der Waals surface area (Å²) in [6.07, 6.45) is 4.27. The molecule has 0 amide bonds. The topological polar surface area (TPSA) is 34.9 Å². The molecule has 0 atom stereocenters. The standard InChI is InChI=1S/C14H15FN2O/c1-3-7-17-8-6-16-14(17)13(18)11-5-4-10(2)12(15)9-11/h4-6,8-9H,3,7H2,1-2H3. The molecule has 1 aromatic heterocycles. The second kappa shape index (κ2) is 5.12. The Morgan fingerprint density at radius 2 is 2.22 bits per heavy atom. The summed E-state index contributed by atoms with van der Waals surface area (Å²) < 4.78 is 15.2. The lowest BCUT2D eigenvalue weighted by Gasteiger charge is -2.06. The van der Waals surface area contributed by atoms with E-state index < -0.39 is 0 Å². The molecule has 0 saturated carbocycles. The SMILES string of the molecule is CCCn1ccnc1C(=O)c1ccc(C)c(F)c1. The first-order chi connectivity index (χ1) is 8.63. The molecular formula is C14H15FN2O. The van der Waals surface area contributed by atoms with Crippen LogP contribution in [0.5, 0.6) is 0 Å². The first-order valence-corrected chi connectivity index (χ1v) is 5.95. The molecule has 94 valence electrons. The van der Waals surface area contributed by atoms with Gasteiger partial charge < -0.3 is 4.57 Å². The Morgan fingerprint density at radius 1 is 1.44 bits per heavy atom. The molecule has 0 radical (unpaired) electrons. The van der Waals surface area contributed by atoms with Crippen LogP contribution in [0.3, 0.4) is 0 Å². The van der Waals surface area contributed by atoms with Crippen LogP contribution in [-0.4, -0.2) is 15.3 Å². The van der Waals surface area contributed by atoms with Crippen LogP contribution in [0.4, 0.5) is 4.39 Å². The average molecular weight is 246 g/mol. The maximum Gasteiger partial charge on any atom is 0.228 e. The largest absolute Gasteiger partial charge is 0.328 e. The number of hydrogen-bond donors (Lipinski definition) is 0. The number of rotatable bonds is 4. The third-order valence-corrected chi connectivity index (χ3v) is 2.82. The molecule has 0 aliphatic rings. The second-order valence-electron chi connectivity index (χ2n) is 4.24. The molecule has 4 heteroatoms. The van der Waals surface area contributed by atoms with Crippen LogP contribution >= 0.6 is 0 Å². The predicted octanol–water partition coefficient (Wildman–Crippen LogP) is 2.97. The smallest absolute Gasteiger partial charge is 0.228 e. The van der Waals surface area contributed by atoms with Gasteiger partial charge >= 0.3 is 0 Å². The van der Waals surface area contributed by atoms with Gasteiger partial charge in [0.2, 0.25) is 5.78 Å². The molecule has 0 fully saturated rings. The van der Waals surface area contributed by atoms with Crippen LogP contribution in [-0.2, 0) is 6.54 Å². The number of carbonyl (C=O) groups excluding carboxylic acids is 1. The minimum Gasteiger partial charge on any atom is -0.328 e. The maximum atomic E-state index is 13.5. The molecule has 0 N–H and O–H groups in total. The molecule has 1 aromatic carbocycles. The Hall–Kier alpha value is -1.97. The Morgan fingerprint density at radius 3 is 2.89 bits per heavy atom. The van der Waals surface area contributed by atoms with Crippen LogP contribution < -0.4 is 0 Å². The number of nitrogens with zero attached hydrogens (tertiary/aromatic N) is 2. The number of ketones is 1. The van der Waals surface area contributed by atoms with Crippen molar-refractivity contribution in [3.8, 4) is 0 Å². The van der Waals surface area contributed by atoms with Crippen molar-refractivity contribution >= 4 is 5.78 Å². The van der Waals surface area contributed by atoms with E-state index >= 15 is 0 Å². The fourth-order valence-corrected chi connectivity index (χ4v) is 1.80. The molecule has 1 heterocycles. The number of aryl methyl sites for hydroxylation is 2. The van der Waals surface area contributed by atoms with E-state index in [0.29, 0.717) is 17.0 Å². The Labute approximate surface area is 105 Å². The number of imidazole rings is 1. The number of carbonyl (C=O) groups is 1. The average Bonchev–Trinajstić information content (AvgIpc) is 2.80. The summed E-state index contributed by atoms with van der Waals surface area (Å²) in [7, 11) is 0. The van der Waals surface area contributed by atoms with Crippen LogP contribution in [0.25, 0.3) is 0 Å². The van der Waals surface area contributed by atoms with Crippen LogP contribution in [0, 0.1) is 12.7 Å². The molecule has 0 spiro atoms. The lowest BCUT2D eigenvalue weighted by atomic mass is 10.1. The highest BCUT2D eigenvalue weighted by atomic mass is 19.1. The van der Waals surface area contributed by atoms with E-state index in [1.54, 1.807) is 36.0 Å². The summed E-state index contributed by atoms with van der Waals surface area (Å²) in [5.74, 6) is -0.248. The monoisotopic (exact) mass is 246 g/mol. The predicted molar refractivity (Wildman–Crippen MR) is 67.1 cm³/mol. The third-order valence-electron chi connectivity index (χ3n) is 2.82. The highest BCUT2D eigenvalue weighted by Crippen LogP contribution is 2.13. The van der Waals surface area contributed by atoms with Crippen LogP contribution in [0.15, 0.2) is 30.6 Å². The van der Waals surface area contributed by atoms with Crippen molar-refractivity contribution in [2.24, 2.45) is 0 Å². The molecular weight excluding hydrogens is 231 g/mol. The van der Waals surface area contributed by atoms with E-state index in [2.05, 4.69) is 4.98 Å². The van der Waals surface area contributed by atoms with Crippen LogP contribution in [0.1, 0.15) is 35.1 Å². The fourth-order valence-electron chi connectivity index (χ4n) is 1.80. The van der Waals surface area contributed by atoms with E-state index in [0.717, 1.165) is 13.0 Å². The molecule has 0 bridgehead atoms. The molecule has 2 rings (SSSR count). The molecule has 18 heavy (non-hydrogen) atoms. The number of hydrogen-bond acceptors (Lipinski definition) is 2. The van der Waals surface area contributed by atoms with Gasteiger partial charge in [-0.2, -0.15) is 0 Å². The van der Waals surface area contributed by atoms with Gasteiger partial charge in [0, 0.05) is 24.5 Å². The highest BCUT2D eigenvalue weighted by molar-refractivity contribution is 6.06. The zero-order valence-corrected chi connectivity index (χ0v) is 10.5. The summed E-state index contributed by atoms with van der Waals surface area (Å²) in [4.78, 5) is 16.3. The number of halogens is 1. The molecule has 0 saturated heterocycles. The van der Waals surface area contributed by atoms with Gasteiger partial charge in [0.15, 0.2) is 5.82 Å². The van der Waals surface area contributed by atoms with Crippen molar-refractivity contribution in [1.82, 2.24) is 9.55 Å². The quantitative estimate of drug-likeness (QED) is 0.777. The van der Waals surface area contributed by atoms with E-state index in [1.165, 1.54) is 6.07 Å². The van der Waals surface area contributed by atoms with E-state index in [1.807, 2.05) is 6.92 Å². The lowest BCUT2D eigenvalue weighted by Crippen LogP contribution is -2.11. The van der Waals surface area contributed by atoms with Gasteiger partial charge in [-0.05, 0) is 25.0 Å². The normalized spacial score (nSPS) is 10.6.